The van der Waals surface area contributed by atoms with Crippen molar-refractivity contribution in [3.05, 3.63) is 0 Å². The normalized spacial score (nSPS) is 28.5. The fourth-order valence-corrected chi connectivity index (χ4v) is 0.540. The van der Waals surface area contributed by atoms with Crippen LogP contribution in [0.3, 0.4) is 0 Å². The molecule has 1 atom stereocenters. The van der Waals surface area contributed by atoms with E-state index in [9.17, 15) is 4.79 Å². The van der Waals surface area contributed by atoms with Crippen LogP contribution in [0, 0.1) is 0 Å². The van der Waals surface area contributed by atoms with Gasteiger partial charge in [-0.15, -0.1) is 0 Å². The summed E-state index contributed by atoms with van der Waals surface area (Å²) in [4.78, 5) is 10.3. The third-order valence-electron chi connectivity index (χ3n) is 0.921. The van der Waals surface area contributed by atoms with Gasteiger partial charge in [-0.25, -0.2) is 10.6 Å². The number of amides is 2. The maximum absolute atomic E-state index is 10.3. The van der Waals surface area contributed by atoms with E-state index < -0.39 is 12.3 Å². The number of hydrogen-bond donors (Lipinski definition) is 3. The molecule has 0 aromatic heterocycles. The molecule has 1 aliphatic rings. The second-order valence-corrected chi connectivity index (χ2v) is 1.62. The molecule has 0 spiro atoms. The lowest BCUT2D eigenvalue weighted by molar-refractivity contribution is 0.161. The van der Waals surface area contributed by atoms with Crippen molar-refractivity contribution >= 4 is 6.03 Å². The molecule has 1 aliphatic heterocycles. The number of hydrogen-bond acceptors (Lipinski definition) is 3. The van der Waals surface area contributed by atoms with Gasteiger partial charge in [0.05, 0.1) is 6.54 Å². The van der Waals surface area contributed by atoms with Gasteiger partial charge in [-0.2, -0.15) is 0 Å². The number of aliphatic hydroxyl groups is 1. The number of urea groups is 1. The van der Waals surface area contributed by atoms with E-state index in [2.05, 4.69) is 5.32 Å². The molecule has 1 saturated heterocycles. The summed E-state index contributed by atoms with van der Waals surface area (Å²) >= 11 is 0. The van der Waals surface area contributed by atoms with Crippen LogP contribution in [0.4, 0.5) is 4.79 Å². The van der Waals surface area contributed by atoms with E-state index >= 15 is 0 Å². The Hall–Kier alpha value is -0.810. The first-order valence-corrected chi connectivity index (χ1v) is 2.21. The quantitative estimate of drug-likeness (QED) is 0.259. The van der Waals surface area contributed by atoms with Gasteiger partial charge in [0.25, 0.3) is 0 Å². The van der Waals surface area contributed by atoms with Gasteiger partial charge >= 0.3 is 6.03 Å². The zero-order chi connectivity index (χ0) is 6.15. The van der Waals surface area contributed by atoms with Crippen molar-refractivity contribution in [1.82, 2.24) is 10.3 Å². The molecule has 1 heterocycles. The van der Waals surface area contributed by atoms with E-state index in [1.807, 2.05) is 0 Å². The third-order valence-corrected chi connectivity index (χ3v) is 0.921. The van der Waals surface area contributed by atoms with Gasteiger partial charge in [-0.05, 0) is 0 Å². The van der Waals surface area contributed by atoms with Gasteiger partial charge in [0.1, 0.15) is 6.23 Å². The first kappa shape index (κ1) is 5.33. The molecule has 46 valence electrons. The highest BCUT2D eigenvalue weighted by Crippen LogP contribution is 1.92. The summed E-state index contributed by atoms with van der Waals surface area (Å²) in [7, 11) is 0. The average molecular weight is 117 g/mol. The van der Waals surface area contributed by atoms with Gasteiger partial charge < -0.3 is 10.4 Å². The molecule has 5 heteroatoms. The maximum Gasteiger partial charge on any atom is 0.333 e. The summed E-state index contributed by atoms with van der Waals surface area (Å²) in [6, 6.07) is -0.433. The number of nitrogens with one attached hydrogen (secondary N) is 1. The predicted molar refractivity (Wildman–Crippen MR) is 25.4 cm³/mol. The van der Waals surface area contributed by atoms with Crippen molar-refractivity contribution < 1.29 is 9.90 Å². The molecular formula is C3H7N3O2. The summed E-state index contributed by atoms with van der Waals surface area (Å²) in [6.07, 6.45) is -0.799. The number of carbonyl (C=O) groups is 1. The SMILES string of the molecule is NN1CC(O)NC1=O. The molecule has 1 unspecified atom stereocenters. The standard InChI is InChI=1S/C3H7N3O2/c4-6-1-2(7)5-3(6)8/h2,7H,1,4H2,(H,5,8). The van der Waals surface area contributed by atoms with Crippen LogP contribution in [0.1, 0.15) is 0 Å². The first-order valence-electron chi connectivity index (χ1n) is 2.21. The highest BCUT2D eigenvalue weighted by atomic mass is 16.3. The summed E-state index contributed by atoms with van der Waals surface area (Å²) in [5.41, 5.74) is 0. The summed E-state index contributed by atoms with van der Waals surface area (Å²) in [5, 5.41) is 11.7. The fraction of sp³-hybridized carbons (Fsp3) is 0.667. The second-order valence-electron chi connectivity index (χ2n) is 1.62. The van der Waals surface area contributed by atoms with Crippen LogP contribution in [0.15, 0.2) is 0 Å². The Bertz CT molecular complexity index is 115. The molecular weight excluding hydrogens is 110 g/mol. The number of nitrogens with two attached hydrogens (primary N) is 1. The van der Waals surface area contributed by atoms with Crippen molar-refractivity contribution in [3.8, 4) is 0 Å². The Morgan fingerprint density at radius 1 is 2.00 bits per heavy atom. The molecule has 4 N–H and O–H groups in total. The van der Waals surface area contributed by atoms with E-state index in [4.69, 9.17) is 10.9 Å². The average Bonchev–Trinajstić information content (AvgIpc) is 1.85. The van der Waals surface area contributed by atoms with Crippen molar-refractivity contribution in [1.29, 1.82) is 0 Å². The number of nitrogens with zero attached hydrogens (tertiary/aromatic N) is 1. The second kappa shape index (κ2) is 1.61. The number of rotatable bonds is 0. The maximum atomic E-state index is 10.3. The zero-order valence-electron chi connectivity index (χ0n) is 4.16. The van der Waals surface area contributed by atoms with Crippen molar-refractivity contribution in [2.24, 2.45) is 5.84 Å². The fourth-order valence-electron chi connectivity index (χ4n) is 0.540. The molecule has 0 aromatic rings. The third kappa shape index (κ3) is 0.728. The zero-order valence-corrected chi connectivity index (χ0v) is 4.16. The topological polar surface area (TPSA) is 78.6 Å². The Morgan fingerprint density at radius 2 is 2.62 bits per heavy atom. The first-order chi connectivity index (χ1) is 3.70. The van der Waals surface area contributed by atoms with Gasteiger partial charge in [-0.3, -0.25) is 5.01 Å². The number of carbonyl (C=O) groups excluding carboxylic acids is 1. The van der Waals surface area contributed by atoms with E-state index in [0.717, 1.165) is 5.01 Å². The lowest BCUT2D eigenvalue weighted by Crippen LogP contribution is -2.34. The van der Waals surface area contributed by atoms with Crippen LogP contribution in [-0.2, 0) is 0 Å². The van der Waals surface area contributed by atoms with Crippen LogP contribution >= 0.6 is 0 Å². The highest BCUT2D eigenvalue weighted by Gasteiger charge is 2.23. The molecule has 8 heavy (non-hydrogen) atoms. The van der Waals surface area contributed by atoms with Gasteiger partial charge in [0.2, 0.25) is 0 Å². The predicted octanol–water partition coefficient (Wildman–Crippen LogP) is -1.80. The van der Waals surface area contributed by atoms with Crippen molar-refractivity contribution in [2.45, 2.75) is 6.23 Å². The van der Waals surface area contributed by atoms with Gasteiger partial charge in [-0.1, -0.05) is 0 Å². The van der Waals surface area contributed by atoms with E-state index in [-0.39, 0.29) is 6.54 Å². The van der Waals surface area contributed by atoms with Crippen LogP contribution in [0.25, 0.3) is 0 Å². The van der Waals surface area contributed by atoms with E-state index in [1.165, 1.54) is 0 Å². The number of aliphatic hydroxyl groups excluding tert-OH is 1. The minimum Gasteiger partial charge on any atom is -0.372 e. The molecule has 5 nitrogen and oxygen atoms in total. The van der Waals surface area contributed by atoms with E-state index in [1.54, 1.807) is 0 Å². The Kier molecular flexibility index (Phi) is 1.07. The number of hydrazine groups is 1. The minimum absolute atomic E-state index is 0.166. The molecule has 0 bridgehead atoms. The molecule has 0 aromatic carbocycles. The Labute approximate surface area is 46.0 Å². The lowest BCUT2D eigenvalue weighted by Gasteiger charge is -2.01. The minimum atomic E-state index is -0.799. The smallest absolute Gasteiger partial charge is 0.333 e. The molecule has 1 fully saturated rings. The Balaban J connectivity index is 2.51. The van der Waals surface area contributed by atoms with Crippen molar-refractivity contribution in [2.75, 3.05) is 6.54 Å². The van der Waals surface area contributed by atoms with Crippen LogP contribution in [0.2, 0.25) is 0 Å². The van der Waals surface area contributed by atoms with Gasteiger partial charge in [0, 0.05) is 0 Å². The summed E-state index contributed by atoms with van der Waals surface area (Å²) in [5.74, 6) is 5.03. The molecule has 1 rings (SSSR count). The number of β-amino-alcohol motifs (C(OH)–C–C–N with tert-alkyl or cyclic N) is 1. The van der Waals surface area contributed by atoms with E-state index in [0.29, 0.717) is 0 Å². The van der Waals surface area contributed by atoms with Gasteiger partial charge in [0.15, 0.2) is 0 Å². The lowest BCUT2D eigenvalue weighted by atomic mass is 10.6. The molecule has 2 amide bonds. The molecule has 0 radical (unpaired) electrons. The van der Waals surface area contributed by atoms with Crippen LogP contribution in [0.5, 0.6) is 0 Å². The largest absolute Gasteiger partial charge is 0.372 e. The molecule has 0 aliphatic carbocycles. The summed E-state index contributed by atoms with van der Waals surface area (Å²) in [6.45, 7) is 0.166. The van der Waals surface area contributed by atoms with Crippen LogP contribution in [-0.4, -0.2) is 28.9 Å². The van der Waals surface area contributed by atoms with Crippen molar-refractivity contribution in [3.63, 3.8) is 0 Å². The van der Waals surface area contributed by atoms with Crippen LogP contribution < -0.4 is 11.2 Å². The Morgan fingerprint density at radius 3 is 2.75 bits per heavy atom. The highest BCUT2D eigenvalue weighted by molar-refractivity contribution is 5.75. The summed E-state index contributed by atoms with van der Waals surface area (Å²) < 4.78 is 0. The molecule has 0 saturated carbocycles. The monoisotopic (exact) mass is 117 g/mol.